The number of para-hydroxylation sites is 1. The van der Waals surface area contributed by atoms with Gasteiger partial charge in [0.05, 0.1) is 0 Å². The molecule has 1 aliphatic heterocycles. The molecule has 0 aliphatic carbocycles. The Morgan fingerprint density at radius 3 is 1.86 bits per heavy atom. The maximum absolute atomic E-state index is 2.50. The quantitative estimate of drug-likeness (QED) is 0.563. The fourth-order valence-corrected chi connectivity index (χ4v) is 4.41. The summed E-state index contributed by atoms with van der Waals surface area (Å²) in [5, 5.41) is 0. The summed E-state index contributed by atoms with van der Waals surface area (Å²) in [4.78, 5) is 4.97. The first-order chi connectivity index (χ1) is 13.3. The Balaban J connectivity index is 0.00000136. The monoisotopic (exact) mass is 378 g/mol. The molecule has 3 rings (SSSR count). The minimum Gasteiger partial charge on any atom is -0.351 e. The van der Waals surface area contributed by atoms with Crippen LogP contribution in [0.1, 0.15) is 61.1 Å². The van der Waals surface area contributed by atoms with Gasteiger partial charge in [0.2, 0.25) is 0 Å². The summed E-state index contributed by atoms with van der Waals surface area (Å²) >= 11 is 0. The molecule has 0 fully saturated rings. The lowest BCUT2D eigenvalue weighted by Crippen LogP contribution is -2.43. The first-order valence-corrected chi connectivity index (χ1v) is 10.6. The van der Waals surface area contributed by atoms with Crippen LogP contribution in [0.15, 0.2) is 42.7 Å². The zero-order chi connectivity index (χ0) is 21.0. The Bertz CT molecular complexity index is 789. The minimum absolute atomic E-state index is 0.343. The Morgan fingerprint density at radius 2 is 1.36 bits per heavy atom. The topological polar surface area (TPSA) is 6.48 Å². The van der Waals surface area contributed by atoms with Crippen molar-refractivity contribution >= 4 is 5.69 Å². The molecule has 0 spiro atoms. The lowest BCUT2D eigenvalue weighted by atomic mass is 9.98. The molecule has 0 amide bonds. The third-order valence-electron chi connectivity index (χ3n) is 5.52. The van der Waals surface area contributed by atoms with E-state index in [2.05, 4.69) is 101 Å². The van der Waals surface area contributed by atoms with E-state index in [4.69, 9.17) is 0 Å². The number of hydrogen-bond acceptors (Lipinski definition) is 2. The van der Waals surface area contributed by atoms with Gasteiger partial charge in [0.15, 0.2) is 0 Å². The zero-order valence-electron chi connectivity index (χ0n) is 19.3. The highest BCUT2D eigenvalue weighted by Crippen LogP contribution is 2.35. The fraction of sp³-hybridized carbons (Fsp3) is 0.462. The summed E-state index contributed by atoms with van der Waals surface area (Å²) in [7, 11) is 0. The highest BCUT2D eigenvalue weighted by Gasteiger charge is 2.31. The van der Waals surface area contributed by atoms with E-state index >= 15 is 0 Å². The standard InChI is InChI=1S/C24H32N2.C2H6/c1-16(2)24-25(15-22-20(6)13-17(3)14-21(22)7)11-12-26(24)23-18(4)9-8-10-19(23)5;1-2/h8-14,16,24H,15H2,1-7H3;1-2H3. The van der Waals surface area contributed by atoms with Gasteiger partial charge in [-0.3, -0.25) is 0 Å². The first-order valence-electron chi connectivity index (χ1n) is 10.6. The van der Waals surface area contributed by atoms with Crippen LogP contribution in [0.5, 0.6) is 0 Å². The molecular weight excluding hydrogens is 340 g/mol. The number of rotatable bonds is 4. The predicted molar refractivity (Wildman–Crippen MR) is 124 cm³/mol. The lowest BCUT2D eigenvalue weighted by Gasteiger charge is -2.37. The molecule has 0 saturated heterocycles. The molecule has 0 bridgehead atoms. The number of hydrogen-bond donors (Lipinski definition) is 0. The average Bonchev–Trinajstić information content (AvgIpc) is 3.03. The molecule has 2 heteroatoms. The van der Waals surface area contributed by atoms with Gasteiger partial charge < -0.3 is 9.80 Å². The van der Waals surface area contributed by atoms with Gasteiger partial charge in [-0.15, -0.1) is 0 Å². The fourth-order valence-electron chi connectivity index (χ4n) is 4.41. The summed E-state index contributed by atoms with van der Waals surface area (Å²) in [5.74, 6) is 0.523. The average molecular weight is 379 g/mol. The molecule has 1 atom stereocenters. The summed E-state index contributed by atoms with van der Waals surface area (Å²) in [6, 6.07) is 11.2. The van der Waals surface area contributed by atoms with Crippen LogP contribution in [0.2, 0.25) is 0 Å². The van der Waals surface area contributed by atoms with Crippen LogP contribution in [0.4, 0.5) is 5.69 Å². The van der Waals surface area contributed by atoms with Gasteiger partial charge in [-0.2, -0.15) is 0 Å². The van der Waals surface area contributed by atoms with Crippen molar-refractivity contribution in [2.75, 3.05) is 4.90 Å². The number of aryl methyl sites for hydroxylation is 5. The third-order valence-corrected chi connectivity index (χ3v) is 5.52. The molecular formula is C26H38N2. The predicted octanol–water partition coefficient (Wildman–Crippen LogP) is 7.03. The second-order valence-corrected chi connectivity index (χ2v) is 8.15. The van der Waals surface area contributed by atoms with Gasteiger partial charge in [-0.05, 0) is 68.4 Å². The second kappa shape index (κ2) is 9.32. The van der Waals surface area contributed by atoms with Crippen molar-refractivity contribution in [2.24, 2.45) is 5.92 Å². The molecule has 1 unspecified atom stereocenters. The highest BCUT2D eigenvalue weighted by atomic mass is 15.4. The Morgan fingerprint density at radius 1 is 0.821 bits per heavy atom. The van der Waals surface area contributed by atoms with Crippen LogP contribution in [-0.2, 0) is 6.54 Å². The van der Waals surface area contributed by atoms with Crippen LogP contribution in [-0.4, -0.2) is 11.1 Å². The zero-order valence-corrected chi connectivity index (χ0v) is 19.3. The van der Waals surface area contributed by atoms with Crippen LogP contribution in [0.3, 0.4) is 0 Å². The van der Waals surface area contributed by atoms with Crippen LogP contribution < -0.4 is 4.90 Å². The van der Waals surface area contributed by atoms with E-state index in [1.165, 1.54) is 39.1 Å². The maximum Gasteiger partial charge on any atom is 0.108 e. The van der Waals surface area contributed by atoms with E-state index in [9.17, 15) is 0 Å². The van der Waals surface area contributed by atoms with E-state index in [1.54, 1.807) is 0 Å². The maximum atomic E-state index is 2.50. The van der Waals surface area contributed by atoms with Crippen LogP contribution >= 0.6 is 0 Å². The van der Waals surface area contributed by atoms with Crippen LogP contribution in [0.25, 0.3) is 0 Å². The SMILES string of the molecule is CC.Cc1cc(C)c(CN2C=CN(c3c(C)cccc3C)C2C(C)C)c(C)c1. The number of benzene rings is 2. The number of anilines is 1. The molecule has 2 nitrogen and oxygen atoms in total. The van der Waals surface area contributed by atoms with Gasteiger partial charge in [-0.25, -0.2) is 0 Å². The van der Waals surface area contributed by atoms with Gasteiger partial charge in [0.1, 0.15) is 6.17 Å². The Labute approximate surface area is 172 Å². The summed E-state index contributed by atoms with van der Waals surface area (Å²) < 4.78 is 0. The molecule has 28 heavy (non-hydrogen) atoms. The van der Waals surface area contributed by atoms with E-state index in [0.29, 0.717) is 12.1 Å². The molecule has 2 aromatic carbocycles. The minimum atomic E-state index is 0.343. The van der Waals surface area contributed by atoms with Gasteiger partial charge in [-0.1, -0.05) is 63.6 Å². The van der Waals surface area contributed by atoms with E-state index < -0.39 is 0 Å². The smallest absolute Gasteiger partial charge is 0.108 e. The molecule has 0 aromatic heterocycles. The van der Waals surface area contributed by atoms with Crippen molar-refractivity contribution < 1.29 is 0 Å². The molecule has 0 radical (unpaired) electrons. The third kappa shape index (κ3) is 4.43. The van der Waals surface area contributed by atoms with Crippen molar-refractivity contribution in [3.05, 3.63) is 76.1 Å². The van der Waals surface area contributed by atoms with Gasteiger partial charge in [0, 0.05) is 24.6 Å². The molecule has 1 aliphatic rings. The van der Waals surface area contributed by atoms with Crippen molar-refractivity contribution in [3.8, 4) is 0 Å². The van der Waals surface area contributed by atoms with Crippen molar-refractivity contribution in [1.82, 2.24) is 4.90 Å². The second-order valence-electron chi connectivity index (χ2n) is 8.15. The van der Waals surface area contributed by atoms with Gasteiger partial charge in [0.25, 0.3) is 0 Å². The molecule has 1 heterocycles. The van der Waals surface area contributed by atoms with E-state index in [1.807, 2.05) is 13.8 Å². The van der Waals surface area contributed by atoms with Gasteiger partial charge >= 0.3 is 0 Å². The number of nitrogens with zero attached hydrogens (tertiary/aromatic N) is 2. The Kier molecular flexibility index (Phi) is 7.35. The normalized spacial score (nSPS) is 15.9. The lowest BCUT2D eigenvalue weighted by molar-refractivity contribution is 0.234. The molecule has 0 N–H and O–H groups in total. The molecule has 152 valence electrons. The van der Waals surface area contributed by atoms with Crippen molar-refractivity contribution in [2.45, 2.75) is 75.0 Å². The van der Waals surface area contributed by atoms with Crippen molar-refractivity contribution in [3.63, 3.8) is 0 Å². The Hall–Kier alpha value is -2.22. The van der Waals surface area contributed by atoms with E-state index in [0.717, 1.165) is 6.54 Å². The largest absolute Gasteiger partial charge is 0.351 e. The van der Waals surface area contributed by atoms with Crippen LogP contribution in [0, 0.1) is 40.5 Å². The van der Waals surface area contributed by atoms with E-state index in [-0.39, 0.29) is 0 Å². The highest BCUT2D eigenvalue weighted by molar-refractivity contribution is 5.62. The summed E-state index contributed by atoms with van der Waals surface area (Å²) in [5.41, 5.74) is 9.61. The van der Waals surface area contributed by atoms with Crippen molar-refractivity contribution in [1.29, 1.82) is 0 Å². The summed E-state index contributed by atoms with van der Waals surface area (Å²) in [6.07, 6.45) is 4.88. The summed E-state index contributed by atoms with van der Waals surface area (Å²) in [6.45, 7) is 20.7. The first kappa shape index (κ1) is 22.1. The molecule has 0 saturated carbocycles. The molecule has 2 aromatic rings.